The summed E-state index contributed by atoms with van der Waals surface area (Å²) in [5.41, 5.74) is -0.843. The zero-order valence-corrected chi connectivity index (χ0v) is 12.6. The highest BCUT2D eigenvalue weighted by molar-refractivity contribution is 5.77. The lowest BCUT2D eigenvalue weighted by atomic mass is 9.82. The minimum Gasteiger partial charge on any atom is -0.389 e. The largest absolute Gasteiger partial charge is 0.389 e. The van der Waals surface area contributed by atoms with E-state index in [-0.39, 0.29) is 18.9 Å². The van der Waals surface area contributed by atoms with E-state index in [1.165, 1.54) is 0 Å². The molecule has 4 nitrogen and oxygen atoms in total. The van der Waals surface area contributed by atoms with Gasteiger partial charge in [-0.05, 0) is 19.3 Å². The average molecular weight is 304 g/mol. The van der Waals surface area contributed by atoms with E-state index in [0.29, 0.717) is 39.0 Å². The van der Waals surface area contributed by atoms with Gasteiger partial charge in [0, 0.05) is 26.2 Å². The van der Waals surface area contributed by atoms with Gasteiger partial charge in [-0.2, -0.15) is 0 Å². The van der Waals surface area contributed by atoms with Gasteiger partial charge >= 0.3 is 0 Å². The van der Waals surface area contributed by atoms with Crippen LogP contribution in [0, 0.1) is 0 Å². The SMILES string of the molecule is O=C(CC1(O)CCCCC1)N1CCCN(CC(F)F)CC1. The van der Waals surface area contributed by atoms with Gasteiger partial charge in [0.05, 0.1) is 18.6 Å². The van der Waals surface area contributed by atoms with Crippen molar-refractivity contribution < 1.29 is 18.7 Å². The van der Waals surface area contributed by atoms with Gasteiger partial charge in [-0.1, -0.05) is 19.3 Å². The summed E-state index contributed by atoms with van der Waals surface area (Å²) in [4.78, 5) is 15.8. The normalized spacial score (nSPS) is 24.1. The number of hydrogen-bond acceptors (Lipinski definition) is 3. The van der Waals surface area contributed by atoms with E-state index < -0.39 is 12.0 Å². The lowest BCUT2D eigenvalue weighted by Gasteiger charge is -2.33. The Kier molecular flexibility index (Phi) is 5.93. The molecule has 6 heteroatoms. The van der Waals surface area contributed by atoms with E-state index in [2.05, 4.69) is 0 Å². The summed E-state index contributed by atoms with van der Waals surface area (Å²) >= 11 is 0. The minimum atomic E-state index is -2.32. The van der Waals surface area contributed by atoms with Crippen LogP contribution in [0.2, 0.25) is 0 Å². The van der Waals surface area contributed by atoms with E-state index in [9.17, 15) is 18.7 Å². The smallest absolute Gasteiger partial charge is 0.251 e. The molecule has 0 aromatic rings. The Balaban J connectivity index is 1.82. The molecule has 0 aromatic heterocycles. The first-order valence-electron chi connectivity index (χ1n) is 7.99. The molecule has 2 aliphatic rings. The standard InChI is InChI=1S/C15H26F2N2O2/c16-13(17)12-18-7-4-8-19(10-9-18)14(20)11-15(21)5-2-1-3-6-15/h13,21H,1-12H2. The topological polar surface area (TPSA) is 43.8 Å². The second-order valence-corrected chi connectivity index (χ2v) is 6.39. The quantitative estimate of drug-likeness (QED) is 0.862. The predicted octanol–water partition coefficient (Wildman–Crippen LogP) is 1.87. The summed E-state index contributed by atoms with van der Waals surface area (Å²) in [7, 11) is 0. The van der Waals surface area contributed by atoms with Crippen LogP contribution < -0.4 is 0 Å². The summed E-state index contributed by atoms with van der Waals surface area (Å²) in [5, 5.41) is 10.5. The first-order chi connectivity index (χ1) is 9.98. The van der Waals surface area contributed by atoms with Crippen LogP contribution in [-0.4, -0.2) is 65.6 Å². The van der Waals surface area contributed by atoms with E-state index in [0.717, 1.165) is 25.7 Å². The van der Waals surface area contributed by atoms with E-state index in [1.807, 2.05) is 0 Å². The molecule has 0 spiro atoms. The molecular formula is C15H26F2N2O2. The van der Waals surface area contributed by atoms with Gasteiger partial charge < -0.3 is 10.0 Å². The molecule has 1 aliphatic carbocycles. The predicted molar refractivity (Wildman–Crippen MR) is 76.3 cm³/mol. The van der Waals surface area contributed by atoms with E-state index in [1.54, 1.807) is 9.80 Å². The lowest BCUT2D eigenvalue weighted by molar-refractivity contribution is -0.137. The number of aliphatic hydroxyl groups is 1. The summed E-state index contributed by atoms with van der Waals surface area (Å²) in [6.07, 6.45) is 3.06. The molecule has 0 aromatic carbocycles. The highest BCUT2D eigenvalue weighted by Crippen LogP contribution is 2.31. The number of amides is 1. The molecule has 122 valence electrons. The van der Waals surface area contributed by atoms with Gasteiger partial charge in [0.2, 0.25) is 5.91 Å². The number of carbonyl (C=O) groups is 1. The van der Waals surface area contributed by atoms with Gasteiger partial charge in [-0.15, -0.1) is 0 Å². The van der Waals surface area contributed by atoms with Crippen LogP contribution in [0.4, 0.5) is 8.78 Å². The van der Waals surface area contributed by atoms with Gasteiger partial charge in [0.15, 0.2) is 0 Å². The highest BCUT2D eigenvalue weighted by atomic mass is 19.3. The summed E-state index contributed by atoms with van der Waals surface area (Å²) in [6.45, 7) is 1.98. The molecule has 0 bridgehead atoms. The fourth-order valence-corrected chi connectivity index (χ4v) is 3.38. The molecule has 1 saturated heterocycles. The molecule has 0 unspecified atom stereocenters. The van der Waals surface area contributed by atoms with Crippen molar-refractivity contribution in [3.8, 4) is 0 Å². The van der Waals surface area contributed by atoms with Crippen LogP contribution in [0.1, 0.15) is 44.9 Å². The van der Waals surface area contributed by atoms with Crippen molar-refractivity contribution in [2.24, 2.45) is 0 Å². The summed E-state index contributed by atoms with van der Waals surface area (Å²) < 4.78 is 24.8. The van der Waals surface area contributed by atoms with E-state index >= 15 is 0 Å². The third-order valence-electron chi connectivity index (χ3n) is 4.60. The zero-order chi connectivity index (χ0) is 15.3. The van der Waals surface area contributed by atoms with Crippen LogP contribution in [0.25, 0.3) is 0 Å². The van der Waals surface area contributed by atoms with Crippen molar-refractivity contribution in [2.75, 3.05) is 32.7 Å². The number of carbonyl (C=O) groups excluding carboxylic acids is 1. The third-order valence-corrected chi connectivity index (χ3v) is 4.60. The molecule has 21 heavy (non-hydrogen) atoms. The monoisotopic (exact) mass is 304 g/mol. The Hall–Kier alpha value is -0.750. The maximum atomic E-state index is 12.4. The molecular weight excluding hydrogens is 278 g/mol. The van der Waals surface area contributed by atoms with Crippen LogP contribution in [-0.2, 0) is 4.79 Å². The van der Waals surface area contributed by atoms with Gasteiger partial charge in [-0.25, -0.2) is 8.78 Å². The molecule has 1 aliphatic heterocycles. The van der Waals surface area contributed by atoms with Crippen molar-refractivity contribution in [3.05, 3.63) is 0 Å². The Bertz CT molecular complexity index is 347. The van der Waals surface area contributed by atoms with Gasteiger partial charge in [-0.3, -0.25) is 9.69 Å². The summed E-state index contributed by atoms with van der Waals surface area (Å²) in [6, 6.07) is 0. The fourth-order valence-electron chi connectivity index (χ4n) is 3.38. The number of hydrogen-bond donors (Lipinski definition) is 1. The Labute approximate surface area is 125 Å². The van der Waals surface area contributed by atoms with Crippen LogP contribution in [0.15, 0.2) is 0 Å². The Morgan fingerprint density at radius 3 is 2.43 bits per heavy atom. The van der Waals surface area contributed by atoms with Crippen molar-refractivity contribution >= 4 is 5.91 Å². The lowest BCUT2D eigenvalue weighted by Crippen LogP contribution is -2.42. The molecule has 2 fully saturated rings. The minimum absolute atomic E-state index is 0.0294. The van der Waals surface area contributed by atoms with Crippen molar-refractivity contribution in [1.82, 2.24) is 9.80 Å². The number of halogens is 2. The highest BCUT2D eigenvalue weighted by Gasteiger charge is 2.33. The first-order valence-corrected chi connectivity index (χ1v) is 7.99. The van der Waals surface area contributed by atoms with Gasteiger partial charge in [0.25, 0.3) is 6.43 Å². The molecule has 1 amide bonds. The zero-order valence-electron chi connectivity index (χ0n) is 12.6. The molecule has 0 atom stereocenters. The molecule has 1 saturated carbocycles. The molecule has 2 rings (SSSR count). The molecule has 0 radical (unpaired) electrons. The average Bonchev–Trinajstić information content (AvgIpc) is 2.64. The maximum absolute atomic E-state index is 12.4. The Morgan fingerprint density at radius 1 is 1.05 bits per heavy atom. The van der Waals surface area contributed by atoms with Crippen LogP contribution in [0.5, 0.6) is 0 Å². The van der Waals surface area contributed by atoms with Crippen molar-refractivity contribution in [2.45, 2.75) is 57.0 Å². The maximum Gasteiger partial charge on any atom is 0.251 e. The molecule has 1 heterocycles. The van der Waals surface area contributed by atoms with Gasteiger partial charge in [0.1, 0.15) is 0 Å². The van der Waals surface area contributed by atoms with E-state index in [4.69, 9.17) is 0 Å². The second kappa shape index (κ2) is 7.49. The number of rotatable bonds is 4. The van der Waals surface area contributed by atoms with Crippen molar-refractivity contribution in [3.63, 3.8) is 0 Å². The Morgan fingerprint density at radius 2 is 1.76 bits per heavy atom. The summed E-state index contributed by atoms with van der Waals surface area (Å²) in [5.74, 6) is -0.0294. The third kappa shape index (κ3) is 5.18. The fraction of sp³-hybridized carbons (Fsp3) is 0.933. The molecule has 1 N–H and O–H groups in total. The van der Waals surface area contributed by atoms with Crippen LogP contribution in [0.3, 0.4) is 0 Å². The number of nitrogens with zero attached hydrogens (tertiary/aromatic N) is 2. The second-order valence-electron chi connectivity index (χ2n) is 6.39. The number of alkyl halides is 2. The van der Waals surface area contributed by atoms with Crippen molar-refractivity contribution in [1.29, 1.82) is 0 Å². The van der Waals surface area contributed by atoms with Crippen LogP contribution >= 0.6 is 0 Å². The first kappa shape index (κ1) is 16.6.